The van der Waals surface area contributed by atoms with Crippen molar-refractivity contribution < 1.29 is 0 Å². The molecule has 5 nitrogen and oxygen atoms in total. The molecule has 0 saturated carbocycles. The van der Waals surface area contributed by atoms with E-state index in [4.69, 9.17) is 0 Å². The smallest absolute Gasteiger partial charge is 0.191 e. The average molecular weight is 263 g/mol. The average Bonchev–Trinajstić information content (AvgIpc) is 2.33. The molecule has 0 saturated heterocycles. The van der Waals surface area contributed by atoms with E-state index in [1.165, 1.54) is 5.56 Å². The van der Waals surface area contributed by atoms with Crippen LogP contribution < -0.4 is 15.5 Å². The molecule has 0 aliphatic rings. The molecular weight excluding hydrogens is 238 g/mol. The van der Waals surface area contributed by atoms with Gasteiger partial charge >= 0.3 is 0 Å². The number of pyridine rings is 1. The van der Waals surface area contributed by atoms with E-state index >= 15 is 0 Å². The number of rotatable bonds is 3. The molecule has 0 amide bonds. The quantitative estimate of drug-likeness (QED) is 0.642. The fourth-order valence-electron chi connectivity index (χ4n) is 1.54. The Labute approximate surface area is 116 Å². The summed E-state index contributed by atoms with van der Waals surface area (Å²) < 4.78 is 0. The Hall–Kier alpha value is -1.78. The molecule has 0 spiro atoms. The monoisotopic (exact) mass is 263 g/mol. The minimum absolute atomic E-state index is 0.00508. The van der Waals surface area contributed by atoms with E-state index in [-0.39, 0.29) is 5.54 Å². The number of hydrogen-bond donors (Lipinski definition) is 2. The third kappa shape index (κ3) is 5.59. The van der Waals surface area contributed by atoms with Crippen LogP contribution in [0.15, 0.2) is 23.3 Å². The lowest BCUT2D eigenvalue weighted by atomic mass is 10.1. The largest absolute Gasteiger partial charge is 0.363 e. The Morgan fingerprint density at radius 2 is 2.05 bits per heavy atom. The van der Waals surface area contributed by atoms with Crippen molar-refractivity contribution in [2.75, 3.05) is 26.0 Å². The van der Waals surface area contributed by atoms with Crippen molar-refractivity contribution in [1.82, 2.24) is 15.6 Å². The standard InChI is InChI=1S/C14H25N5/c1-14(2,3)18-13(15-4)17-10-11-7-8-16-12(9-11)19(5)6/h7-9H,10H2,1-6H3,(H2,15,17,18). The zero-order valence-electron chi connectivity index (χ0n) is 12.8. The number of hydrogen-bond acceptors (Lipinski definition) is 3. The van der Waals surface area contributed by atoms with Gasteiger partial charge in [-0.15, -0.1) is 0 Å². The van der Waals surface area contributed by atoms with Gasteiger partial charge < -0.3 is 15.5 Å². The summed E-state index contributed by atoms with van der Waals surface area (Å²) in [6, 6.07) is 4.07. The van der Waals surface area contributed by atoms with Gasteiger partial charge in [0.1, 0.15) is 5.82 Å². The Balaban J connectivity index is 2.63. The predicted octanol–water partition coefficient (Wildman–Crippen LogP) is 1.61. The fraction of sp³-hybridized carbons (Fsp3) is 0.571. The summed E-state index contributed by atoms with van der Waals surface area (Å²) in [5.41, 5.74) is 1.17. The molecule has 1 aromatic heterocycles. The molecule has 0 atom stereocenters. The molecule has 0 aliphatic carbocycles. The first kappa shape index (κ1) is 15.3. The first-order valence-corrected chi connectivity index (χ1v) is 6.43. The number of nitrogens with zero attached hydrogens (tertiary/aromatic N) is 3. The lowest BCUT2D eigenvalue weighted by Gasteiger charge is -2.23. The van der Waals surface area contributed by atoms with Gasteiger partial charge in [-0.1, -0.05) is 0 Å². The Morgan fingerprint density at radius 1 is 1.37 bits per heavy atom. The summed E-state index contributed by atoms with van der Waals surface area (Å²) in [6.07, 6.45) is 1.83. The second kappa shape index (κ2) is 6.41. The van der Waals surface area contributed by atoms with Crippen LogP contribution in [-0.4, -0.2) is 37.6 Å². The summed E-state index contributed by atoms with van der Waals surface area (Å²) in [5.74, 6) is 1.76. The van der Waals surface area contributed by atoms with E-state index in [2.05, 4.69) is 47.4 Å². The number of nitrogens with one attached hydrogen (secondary N) is 2. The van der Waals surface area contributed by atoms with E-state index < -0.39 is 0 Å². The Morgan fingerprint density at radius 3 is 2.58 bits per heavy atom. The van der Waals surface area contributed by atoms with Crippen molar-refractivity contribution in [1.29, 1.82) is 0 Å². The van der Waals surface area contributed by atoms with Gasteiger partial charge in [0.25, 0.3) is 0 Å². The van der Waals surface area contributed by atoms with E-state index in [9.17, 15) is 0 Å². The molecular formula is C14H25N5. The van der Waals surface area contributed by atoms with Gasteiger partial charge in [0, 0.05) is 39.4 Å². The van der Waals surface area contributed by atoms with E-state index in [0.29, 0.717) is 0 Å². The highest BCUT2D eigenvalue weighted by Gasteiger charge is 2.11. The summed E-state index contributed by atoms with van der Waals surface area (Å²) in [5, 5.41) is 6.63. The zero-order valence-corrected chi connectivity index (χ0v) is 12.8. The van der Waals surface area contributed by atoms with Gasteiger partial charge in [-0.05, 0) is 38.5 Å². The van der Waals surface area contributed by atoms with E-state index in [0.717, 1.165) is 18.3 Å². The molecule has 0 aliphatic heterocycles. The topological polar surface area (TPSA) is 52.6 Å². The summed E-state index contributed by atoms with van der Waals surface area (Å²) >= 11 is 0. The van der Waals surface area contributed by atoms with E-state index in [1.807, 2.05) is 31.3 Å². The lowest BCUT2D eigenvalue weighted by Crippen LogP contribution is -2.47. The number of anilines is 1. The molecule has 5 heteroatoms. The Bertz CT molecular complexity index is 432. The number of aliphatic imine (C=N–C) groups is 1. The van der Waals surface area contributed by atoms with Crippen LogP contribution in [0.25, 0.3) is 0 Å². The third-order valence-corrected chi connectivity index (χ3v) is 2.45. The van der Waals surface area contributed by atoms with E-state index in [1.54, 1.807) is 7.05 Å². The maximum atomic E-state index is 4.30. The van der Waals surface area contributed by atoms with Gasteiger partial charge in [-0.25, -0.2) is 4.98 Å². The van der Waals surface area contributed by atoms with Crippen LogP contribution in [0.4, 0.5) is 5.82 Å². The van der Waals surface area contributed by atoms with Crippen LogP contribution in [0.2, 0.25) is 0 Å². The second-order valence-corrected chi connectivity index (χ2v) is 5.72. The van der Waals surface area contributed by atoms with Gasteiger partial charge in [-0.2, -0.15) is 0 Å². The van der Waals surface area contributed by atoms with Crippen LogP contribution in [0.1, 0.15) is 26.3 Å². The van der Waals surface area contributed by atoms with Crippen LogP contribution in [-0.2, 0) is 6.54 Å². The van der Waals surface area contributed by atoms with Gasteiger partial charge in [0.15, 0.2) is 5.96 Å². The number of guanidine groups is 1. The summed E-state index contributed by atoms with van der Waals surface area (Å²) in [4.78, 5) is 10.5. The summed E-state index contributed by atoms with van der Waals surface area (Å²) in [6.45, 7) is 7.04. The predicted molar refractivity (Wildman–Crippen MR) is 81.7 cm³/mol. The number of aromatic nitrogens is 1. The highest BCUT2D eigenvalue weighted by Crippen LogP contribution is 2.09. The van der Waals surface area contributed by atoms with Crippen LogP contribution >= 0.6 is 0 Å². The minimum atomic E-state index is -0.00508. The maximum absolute atomic E-state index is 4.30. The first-order chi connectivity index (χ1) is 8.81. The van der Waals surface area contributed by atoms with Crippen LogP contribution in [0.3, 0.4) is 0 Å². The Kier molecular flexibility index (Phi) is 5.15. The van der Waals surface area contributed by atoms with Gasteiger partial charge in [0.2, 0.25) is 0 Å². The minimum Gasteiger partial charge on any atom is -0.363 e. The van der Waals surface area contributed by atoms with Crippen molar-refractivity contribution in [3.63, 3.8) is 0 Å². The second-order valence-electron chi connectivity index (χ2n) is 5.72. The molecule has 0 bridgehead atoms. The molecule has 0 fully saturated rings. The van der Waals surface area contributed by atoms with Crippen molar-refractivity contribution in [3.05, 3.63) is 23.9 Å². The highest BCUT2D eigenvalue weighted by atomic mass is 15.2. The first-order valence-electron chi connectivity index (χ1n) is 6.43. The molecule has 1 rings (SSSR count). The van der Waals surface area contributed by atoms with Crippen molar-refractivity contribution in [2.24, 2.45) is 4.99 Å². The zero-order chi connectivity index (χ0) is 14.5. The maximum Gasteiger partial charge on any atom is 0.191 e. The SMILES string of the molecule is CN=C(NCc1ccnc(N(C)C)c1)NC(C)(C)C. The van der Waals surface area contributed by atoms with Crippen molar-refractivity contribution >= 4 is 11.8 Å². The molecule has 0 radical (unpaired) electrons. The van der Waals surface area contributed by atoms with Crippen molar-refractivity contribution in [3.8, 4) is 0 Å². The van der Waals surface area contributed by atoms with Crippen molar-refractivity contribution in [2.45, 2.75) is 32.9 Å². The van der Waals surface area contributed by atoms with Gasteiger partial charge in [-0.3, -0.25) is 4.99 Å². The normalized spacial score (nSPS) is 12.2. The van der Waals surface area contributed by atoms with Crippen LogP contribution in [0, 0.1) is 0 Å². The molecule has 1 aromatic rings. The lowest BCUT2D eigenvalue weighted by molar-refractivity contribution is 0.501. The third-order valence-electron chi connectivity index (χ3n) is 2.45. The molecule has 0 unspecified atom stereocenters. The molecule has 1 heterocycles. The molecule has 2 N–H and O–H groups in total. The fourth-order valence-corrected chi connectivity index (χ4v) is 1.54. The van der Waals surface area contributed by atoms with Gasteiger partial charge in [0.05, 0.1) is 0 Å². The molecule has 0 aromatic carbocycles. The summed E-state index contributed by atoms with van der Waals surface area (Å²) in [7, 11) is 5.75. The van der Waals surface area contributed by atoms with Crippen LogP contribution in [0.5, 0.6) is 0 Å². The molecule has 106 valence electrons. The molecule has 19 heavy (non-hydrogen) atoms. The highest BCUT2D eigenvalue weighted by molar-refractivity contribution is 5.80.